The summed E-state index contributed by atoms with van der Waals surface area (Å²) in [6.45, 7) is 22.9. The maximum Gasteiger partial charge on any atom is 0.184 e. The van der Waals surface area contributed by atoms with Crippen molar-refractivity contribution in [2.24, 2.45) is 23.7 Å². The number of aliphatic hydroxyl groups excluding tert-OH is 6. The summed E-state index contributed by atoms with van der Waals surface area (Å²) in [6, 6.07) is 0. The highest BCUT2D eigenvalue weighted by Crippen LogP contribution is 2.27. The van der Waals surface area contributed by atoms with Crippen molar-refractivity contribution in [3.63, 3.8) is 0 Å². The van der Waals surface area contributed by atoms with E-state index >= 15 is 0 Å². The van der Waals surface area contributed by atoms with E-state index in [4.69, 9.17) is 97.8 Å². The molecule has 1 saturated heterocycles. The molecule has 0 aromatic heterocycles. The molecule has 0 aromatic carbocycles. The molecule has 0 aromatic rings. The predicted octanol–water partition coefficient (Wildman–Crippen LogP) is 3.29. The van der Waals surface area contributed by atoms with Crippen molar-refractivity contribution >= 4 is 114 Å². The number of hydrogen-bond acceptors (Lipinski definition) is 13. The molecule has 0 radical (unpaired) electrons. The van der Waals surface area contributed by atoms with Crippen molar-refractivity contribution in [2.45, 2.75) is 84.3 Å². The van der Waals surface area contributed by atoms with Crippen LogP contribution in [0, 0.1) is 23.7 Å². The molecule has 42 heavy (non-hydrogen) atoms. The van der Waals surface area contributed by atoms with Crippen LogP contribution in [-0.4, -0.2) is 80.7 Å². The molecule has 1 aliphatic carbocycles. The van der Waals surface area contributed by atoms with Crippen LogP contribution in [0.1, 0.15) is 47.5 Å². The minimum absolute atomic E-state index is 0.0956. The standard InChI is InChI=1S/C8H18.C6H11FO2.C5H10O5.2C2H4.HIS10/c1-6(2)8(5)7(3)4;7-5-2-1-4(3-8)6(5)9;6-1-2-3(7)4(8)5(9)10-2;2*1-2;1-9(2,3)11(7,8)10(4,5)6/h6-8H,1-5H3;4-6,8-9H,1-3H2;2-9H,1H2;2*1-2H2;(H,4,5,6)/t;4-,5-,6-;2-,3-,4+,5?;;;/m.11.../s1. The van der Waals surface area contributed by atoms with Gasteiger partial charge in [-0.1, -0.05) is 46.3 Å². The molecule has 6 N–H and O–H groups in total. The molecule has 2 rings (SSSR count). The summed E-state index contributed by atoms with van der Waals surface area (Å²) in [6.07, 6.45) is -5.78. The van der Waals surface area contributed by atoms with Crippen molar-refractivity contribution in [1.29, 1.82) is 0 Å². The van der Waals surface area contributed by atoms with E-state index in [0.717, 1.165) is 17.8 Å². The van der Waals surface area contributed by atoms with Gasteiger partial charge in [-0.2, -0.15) is 0 Å². The monoisotopic (exact) mass is 902 g/mol. The summed E-state index contributed by atoms with van der Waals surface area (Å²) >= 11 is 36.1. The van der Waals surface area contributed by atoms with E-state index in [1.54, 1.807) is 0 Å². The van der Waals surface area contributed by atoms with Gasteiger partial charge in [-0.25, -0.2) is 4.39 Å². The second-order valence-corrected chi connectivity index (χ2v) is 47.6. The van der Waals surface area contributed by atoms with E-state index in [9.17, 15) is 4.39 Å². The number of rotatable bonds is 6. The lowest BCUT2D eigenvalue weighted by atomic mass is 9.88. The Labute approximate surface area is 297 Å². The molecule has 1 unspecified atom stereocenters. The maximum absolute atomic E-state index is 12.4. The molecule has 7 atom stereocenters. The largest absolute Gasteiger partial charge is 0.396 e. The quantitative estimate of drug-likeness (QED) is 0.0694. The van der Waals surface area contributed by atoms with Gasteiger partial charge in [0.25, 0.3) is 0 Å². The minimum Gasteiger partial charge on any atom is -0.396 e. The fourth-order valence-electron chi connectivity index (χ4n) is 2.96. The van der Waals surface area contributed by atoms with Crippen molar-refractivity contribution in [3.05, 3.63) is 26.3 Å². The highest BCUT2D eigenvalue weighted by atomic mass is 127. The smallest absolute Gasteiger partial charge is 0.184 e. The zero-order chi connectivity index (χ0) is 34.8. The summed E-state index contributed by atoms with van der Waals surface area (Å²) < 4.78 is 15.1. The Morgan fingerprint density at radius 2 is 1.21 bits per heavy atom. The molecule has 1 aliphatic heterocycles. The van der Waals surface area contributed by atoms with E-state index in [1.807, 2.05) is 21.2 Å². The Morgan fingerprint density at radius 1 is 0.810 bits per heavy atom. The van der Waals surface area contributed by atoms with Gasteiger partial charge in [0.05, 0.1) is 12.7 Å². The number of thiol groups is 1. The third-order valence-electron chi connectivity index (χ3n) is 6.02. The van der Waals surface area contributed by atoms with Crippen LogP contribution in [0.15, 0.2) is 26.3 Å². The van der Waals surface area contributed by atoms with Gasteiger partial charge in [-0.3, -0.25) is 0 Å². The molecule has 0 amide bonds. The second kappa shape index (κ2) is 25.6. The normalized spacial score (nSPS) is 27.1. The summed E-state index contributed by atoms with van der Waals surface area (Å²) in [4.78, 5) is 0. The maximum atomic E-state index is 12.4. The third kappa shape index (κ3) is 19.4. The molecule has 7 nitrogen and oxygen atoms in total. The summed E-state index contributed by atoms with van der Waals surface area (Å²) in [5.74, 6) is 2.33. The molecule has 1 heterocycles. The van der Waals surface area contributed by atoms with Crippen LogP contribution in [0.4, 0.5) is 4.39 Å². The first-order valence-corrected chi connectivity index (χ1v) is 27.5. The second-order valence-electron chi connectivity index (χ2n) is 9.33. The van der Waals surface area contributed by atoms with Crippen LogP contribution in [0.25, 0.3) is 0 Å². The van der Waals surface area contributed by atoms with Gasteiger partial charge in [0, 0.05) is 47.5 Å². The van der Waals surface area contributed by atoms with E-state index < -0.39 is 57.3 Å². The lowest BCUT2D eigenvalue weighted by Gasteiger charge is -2.18. The first-order valence-electron chi connectivity index (χ1n) is 12.4. The SMILES string of the molecule is C=C.C=C.CC(C)C(C)C(C)C.OC[C@H]1CC[C@@H](F)[C@@H]1O.OC[C@H]1OC(O)[C@@H](O)[C@@H]1O.S=S(=S)(S)S(=S)(=S)S(=S)(=S)I. The van der Waals surface area contributed by atoms with Crippen LogP contribution < -0.4 is 0 Å². The lowest BCUT2D eigenvalue weighted by molar-refractivity contribution is -0.132. The fraction of sp³-hybridized carbons (Fsp3) is 0.826. The van der Waals surface area contributed by atoms with Gasteiger partial charge in [-0.05, 0) is 97.7 Å². The van der Waals surface area contributed by atoms with Crippen LogP contribution in [0.2, 0.25) is 0 Å². The van der Waals surface area contributed by atoms with E-state index in [0.29, 0.717) is 12.8 Å². The molecule has 0 spiro atoms. The first kappa shape index (κ1) is 51.4. The average Bonchev–Trinajstić information content (AvgIpc) is 3.37. The van der Waals surface area contributed by atoms with Gasteiger partial charge >= 0.3 is 0 Å². The molecular formula is C23H48FIO7S10. The Balaban J connectivity index is -0.000000221. The van der Waals surface area contributed by atoms with Crippen LogP contribution in [0.5, 0.6) is 0 Å². The number of aliphatic hydroxyl groups is 6. The summed E-state index contributed by atoms with van der Waals surface area (Å²) in [5, 5.41) is 48.3. The molecule has 1 saturated carbocycles. The third-order valence-corrected chi connectivity index (χ3v) is 53.9. The molecule has 256 valence electrons. The molecule has 19 heteroatoms. The Morgan fingerprint density at radius 3 is 1.31 bits per heavy atom. The van der Waals surface area contributed by atoms with Gasteiger partial charge in [-0.15, -0.1) is 26.3 Å². The minimum atomic E-state index is -2.07. The fourth-order valence-corrected chi connectivity index (χ4v) is 37.6. The van der Waals surface area contributed by atoms with E-state index in [1.165, 1.54) is 0 Å². The van der Waals surface area contributed by atoms with Crippen molar-refractivity contribution in [1.82, 2.24) is 0 Å². The van der Waals surface area contributed by atoms with Crippen molar-refractivity contribution in [2.75, 3.05) is 13.2 Å². The number of alkyl halides is 1. The Hall–Kier alpha value is 2.58. The van der Waals surface area contributed by atoms with Crippen molar-refractivity contribution in [3.8, 4) is 0 Å². The number of hydrogen-bond donors (Lipinski definition) is 7. The zero-order valence-electron chi connectivity index (χ0n) is 24.4. The van der Waals surface area contributed by atoms with Gasteiger partial charge in [0.15, 0.2) is 6.29 Å². The Bertz CT molecular complexity index is 982. The van der Waals surface area contributed by atoms with Crippen LogP contribution in [0.3, 0.4) is 0 Å². The average molecular weight is 903 g/mol. The van der Waals surface area contributed by atoms with Crippen LogP contribution in [-0.2, 0) is 85.6 Å². The highest BCUT2D eigenvalue weighted by Gasteiger charge is 2.41. The summed E-state index contributed by atoms with van der Waals surface area (Å²) in [7, 11) is 0. The zero-order valence-corrected chi connectivity index (χ0v) is 34.8. The molecule has 2 fully saturated rings. The topological polar surface area (TPSA) is 131 Å². The highest BCUT2D eigenvalue weighted by molar-refractivity contribution is 14.2. The molecule has 0 bridgehead atoms. The van der Waals surface area contributed by atoms with Gasteiger partial charge < -0.3 is 35.4 Å². The van der Waals surface area contributed by atoms with E-state index in [-0.39, 0.29) is 12.5 Å². The number of halogens is 2. The first-order chi connectivity index (χ1) is 19.0. The van der Waals surface area contributed by atoms with E-state index in [2.05, 4.69) is 77.3 Å². The number of ether oxygens (including phenoxy) is 1. The molecule has 2 aliphatic rings. The van der Waals surface area contributed by atoms with Crippen molar-refractivity contribution < 1.29 is 39.8 Å². The predicted molar refractivity (Wildman–Crippen MR) is 211 cm³/mol. The van der Waals surface area contributed by atoms with Gasteiger partial charge in [0.2, 0.25) is 0 Å². The lowest BCUT2D eigenvalue weighted by Crippen LogP contribution is -2.33. The molecular weight excluding hydrogens is 855 g/mol. The van der Waals surface area contributed by atoms with Gasteiger partial charge in [0.1, 0.15) is 24.5 Å². The Kier molecular flexibility index (Phi) is 31.3. The summed E-state index contributed by atoms with van der Waals surface area (Å²) in [5.41, 5.74) is 0. The van der Waals surface area contributed by atoms with Crippen LogP contribution >= 0.6 is 32.9 Å².